The van der Waals surface area contributed by atoms with Crippen molar-refractivity contribution in [3.05, 3.63) is 11.8 Å². The van der Waals surface area contributed by atoms with Gasteiger partial charge in [-0.1, -0.05) is 6.08 Å². The summed E-state index contributed by atoms with van der Waals surface area (Å²) in [7, 11) is 1.66. The Morgan fingerprint density at radius 1 is 1.57 bits per heavy atom. The lowest BCUT2D eigenvalue weighted by Gasteiger charge is -1.80. The molecule has 0 atom stereocenters. The third-order valence-corrected chi connectivity index (χ3v) is 0.676. The smallest absolute Gasteiger partial charge is 0.0552 e. The van der Waals surface area contributed by atoms with Gasteiger partial charge in [-0.15, -0.1) is 0 Å². The van der Waals surface area contributed by atoms with Crippen LogP contribution in [0.5, 0.6) is 0 Å². The van der Waals surface area contributed by atoms with Crippen molar-refractivity contribution in [3.63, 3.8) is 0 Å². The Balaban J connectivity index is 3.58. The van der Waals surface area contributed by atoms with Crippen molar-refractivity contribution in [3.8, 4) is 0 Å². The van der Waals surface area contributed by atoms with Crippen LogP contribution in [-0.4, -0.2) is 7.05 Å². The van der Waals surface area contributed by atoms with Crippen LogP contribution in [0.15, 0.2) is 22.0 Å². The summed E-state index contributed by atoms with van der Waals surface area (Å²) in [5, 5.41) is 7.29. The molecule has 0 aromatic heterocycles. The van der Waals surface area contributed by atoms with E-state index in [1.165, 1.54) is 0 Å². The Hall–Kier alpha value is -0.660. The monoisotopic (exact) mass is 98.1 g/mol. The fourth-order valence-corrected chi connectivity index (χ4v) is 0.215. The van der Waals surface area contributed by atoms with E-state index in [2.05, 4.69) is 10.2 Å². The van der Waals surface area contributed by atoms with Crippen LogP contribution in [0.1, 0.15) is 13.8 Å². The molecule has 0 amide bonds. The highest BCUT2D eigenvalue weighted by atomic mass is 15.1. The second-order valence-corrected chi connectivity index (χ2v) is 1.23. The van der Waals surface area contributed by atoms with Crippen molar-refractivity contribution in [2.75, 3.05) is 7.05 Å². The highest BCUT2D eigenvalue weighted by Crippen LogP contribution is 1.91. The van der Waals surface area contributed by atoms with E-state index in [0.717, 1.165) is 5.70 Å². The molecule has 0 rings (SSSR count). The first kappa shape index (κ1) is 6.34. The summed E-state index contributed by atoms with van der Waals surface area (Å²) in [5.41, 5.74) is 0.961. The molecule has 0 spiro atoms. The normalized spacial score (nSPS) is 13.3. The van der Waals surface area contributed by atoms with Crippen LogP contribution in [0.4, 0.5) is 0 Å². The van der Waals surface area contributed by atoms with Gasteiger partial charge >= 0.3 is 0 Å². The maximum absolute atomic E-state index is 3.73. The molecular formula is C5H10N2. The summed E-state index contributed by atoms with van der Waals surface area (Å²) in [4.78, 5) is 0. The Bertz CT molecular complexity index is 92.3. The topological polar surface area (TPSA) is 24.7 Å². The van der Waals surface area contributed by atoms with Gasteiger partial charge in [-0.05, 0) is 13.8 Å². The summed E-state index contributed by atoms with van der Waals surface area (Å²) in [6.45, 7) is 3.84. The molecule has 7 heavy (non-hydrogen) atoms. The predicted octanol–water partition coefficient (Wildman–Crippen LogP) is 1.99. The Morgan fingerprint density at radius 3 is 2.29 bits per heavy atom. The largest absolute Gasteiger partial charge is 0.192 e. The average Bonchev–Trinajstić information content (AvgIpc) is 1.68. The molecule has 0 saturated heterocycles. The highest BCUT2D eigenvalue weighted by Gasteiger charge is 1.72. The van der Waals surface area contributed by atoms with Gasteiger partial charge in [-0.25, -0.2) is 0 Å². The van der Waals surface area contributed by atoms with Crippen molar-refractivity contribution in [2.45, 2.75) is 13.8 Å². The lowest BCUT2D eigenvalue weighted by molar-refractivity contribution is 1.08. The minimum Gasteiger partial charge on any atom is -0.192 e. The molecule has 0 bridgehead atoms. The van der Waals surface area contributed by atoms with Crippen molar-refractivity contribution >= 4 is 0 Å². The molecule has 0 N–H and O–H groups in total. The summed E-state index contributed by atoms with van der Waals surface area (Å²) in [6, 6.07) is 0. The van der Waals surface area contributed by atoms with Crippen molar-refractivity contribution in [2.24, 2.45) is 10.2 Å². The predicted molar refractivity (Wildman–Crippen MR) is 30.2 cm³/mol. The van der Waals surface area contributed by atoms with Gasteiger partial charge in [0.15, 0.2) is 0 Å². The number of nitrogens with zero attached hydrogens (tertiary/aromatic N) is 2. The van der Waals surface area contributed by atoms with Crippen molar-refractivity contribution in [1.82, 2.24) is 0 Å². The molecule has 0 fully saturated rings. The molecule has 0 aromatic carbocycles. The molecule has 0 aliphatic carbocycles. The summed E-state index contributed by atoms with van der Waals surface area (Å²) in [5.74, 6) is 0. The maximum Gasteiger partial charge on any atom is 0.0552 e. The molecule has 2 heteroatoms. The van der Waals surface area contributed by atoms with Gasteiger partial charge in [0.2, 0.25) is 0 Å². The minimum absolute atomic E-state index is 0.961. The lowest BCUT2D eigenvalue weighted by atomic mass is 10.5. The lowest BCUT2D eigenvalue weighted by Crippen LogP contribution is -1.60. The molecule has 0 aliphatic heterocycles. The zero-order valence-electron chi connectivity index (χ0n) is 4.97. The second kappa shape index (κ2) is 3.53. The van der Waals surface area contributed by atoms with E-state index in [-0.39, 0.29) is 0 Å². The van der Waals surface area contributed by atoms with E-state index in [9.17, 15) is 0 Å². The summed E-state index contributed by atoms with van der Waals surface area (Å²) < 4.78 is 0. The van der Waals surface area contributed by atoms with Crippen molar-refractivity contribution in [1.29, 1.82) is 0 Å². The molecule has 0 unspecified atom stereocenters. The van der Waals surface area contributed by atoms with Crippen LogP contribution >= 0.6 is 0 Å². The third-order valence-electron chi connectivity index (χ3n) is 0.676. The maximum atomic E-state index is 3.73. The Morgan fingerprint density at radius 2 is 2.14 bits per heavy atom. The summed E-state index contributed by atoms with van der Waals surface area (Å²) >= 11 is 0. The van der Waals surface area contributed by atoms with E-state index in [4.69, 9.17) is 0 Å². The van der Waals surface area contributed by atoms with Gasteiger partial charge in [-0.3, -0.25) is 0 Å². The fraction of sp³-hybridized carbons (Fsp3) is 0.600. The SMILES string of the molecule is C/C=C(C)\N=N/C. The first-order valence-electron chi connectivity index (χ1n) is 2.24. The first-order valence-corrected chi connectivity index (χ1v) is 2.24. The van der Waals surface area contributed by atoms with E-state index < -0.39 is 0 Å². The minimum atomic E-state index is 0.961. The molecule has 0 aliphatic rings. The number of hydrogen-bond donors (Lipinski definition) is 0. The van der Waals surface area contributed by atoms with E-state index in [0.29, 0.717) is 0 Å². The van der Waals surface area contributed by atoms with E-state index >= 15 is 0 Å². The quantitative estimate of drug-likeness (QED) is 0.448. The van der Waals surface area contributed by atoms with Gasteiger partial charge < -0.3 is 0 Å². The third kappa shape index (κ3) is 3.16. The Kier molecular flexibility index (Phi) is 3.19. The van der Waals surface area contributed by atoms with Crippen LogP contribution in [0.25, 0.3) is 0 Å². The van der Waals surface area contributed by atoms with E-state index in [1.54, 1.807) is 7.05 Å². The van der Waals surface area contributed by atoms with Gasteiger partial charge in [0.25, 0.3) is 0 Å². The number of allylic oxidation sites excluding steroid dienone is 2. The molecular weight excluding hydrogens is 88.1 g/mol. The molecule has 40 valence electrons. The number of hydrogen-bond acceptors (Lipinski definition) is 2. The fourth-order valence-electron chi connectivity index (χ4n) is 0.215. The van der Waals surface area contributed by atoms with Crippen molar-refractivity contribution < 1.29 is 0 Å². The molecule has 0 aromatic rings. The Labute approximate surface area is 44.0 Å². The standard InChI is InChI=1S/C5H10N2/c1-4-5(2)7-6-3/h4H,1-3H3/b5-4-,7-6-. The average molecular weight is 98.1 g/mol. The molecule has 0 heterocycles. The van der Waals surface area contributed by atoms with Gasteiger partial charge in [-0.2, -0.15) is 10.2 Å². The molecule has 0 saturated carbocycles. The zero-order valence-corrected chi connectivity index (χ0v) is 4.97. The van der Waals surface area contributed by atoms with Crippen LogP contribution in [0, 0.1) is 0 Å². The summed E-state index contributed by atoms with van der Waals surface area (Å²) in [6.07, 6.45) is 1.91. The highest BCUT2D eigenvalue weighted by molar-refractivity contribution is 4.90. The first-order chi connectivity index (χ1) is 3.31. The molecule has 2 nitrogen and oxygen atoms in total. The molecule has 0 radical (unpaired) electrons. The second-order valence-electron chi connectivity index (χ2n) is 1.23. The van der Waals surface area contributed by atoms with Crippen LogP contribution in [0.3, 0.4) is 0 Å². The van der Waals surface area contributed by atoms with E-state index in [1.807, 2.05) is 19.9 Å². The number of rotatable bonds is 1. The van der Waals surface area contributed by atoms with Gasteiger partial charge in [0.05, 0.1) is 5.70 Å². The number of azo groups is 1. The zero-order chi connectivity index (χ0) is 5.70. The van der Waals surface area contributed by atoms with Gasteiger partial charge in [0.1, 0.15) is 0 Å². The van der Waals surface area contributed by atoms with Crippen LogP contribution in [0.2, 0.25) is 0 Å². The van der Waals surface area contributed by atoms with Crippen LogP contribution in [-0.2, 0) is 0 Å². The van der Waals surface area contributed by atoms with Crippen LogP contribution < -0.4 is 0 Å². The van der Waals surface area contributed by atoms with Gasteiger partial charge in [0, 0.05) is 7.05 Å².